The number of primary amides is 1. The van der Waals surface area contributed by atoms with Gasteiger partial charge in [-0.2, -0.15) is 13.2 Å². The van der Waals surface area contributed by atoms with Gasteiger partial charge in [-0.15, -0.1) is 0 Å². The number of carboxylic acid groups (broad SMARTS) is 1. The number of aliphatic carboxylic acids is 1. The van der Waals surface area contributed by atoms with Crippen LogP contribution in [0.5, 0.6) is 0 Å². The number of pyridine rings is 1. The summed E-state index contributed by atoms with van der Waals surface area (Å²) in [6, 6.07) is 12.0. The maximum atomic E-state index is 13.4. The van der Waals surface area contributed by atoms with Crippen LogP contribution in [0.25, 0.3) is 10.8 Å². The number of nitrogens with one attached hydrogen (secondary N) is 1. The molecule has 3 aromatic rings. The molecule has 2 aromatic carbocycles. The lowest BCUT2D eigenvalue weighted by Crippen LogP contribution is -2.37. The van der Waals surface area contributed by atoms with Crippen LogP contribution in [-0.4, -0.2) is 62.8 Å². The Labute approximate surface area is 243 Å². The van der Waals surface area contributed by atoms with Gasteiger partial charge in [-0.05, 0) is 36.3 Å². The van der Waals surface area contributed by atoms with E-state index in [1.807, 2.05) is 31.1 Å². The molecule has 43 heavy (non-hydrogen) atoms. The summed E-state index contributed by atoms with van der Waals surface area (Å²) in [6.45, 7) is 1.48. The zero-order valence-corrected chi connectivity index (χ0v) is 23.9. The molecule has 234 valence electrons. The highest BCUT2D eigenvalue weighted by Gasteiger charge is 2.38. The molecular weight excluding hydrogens is 599 g/mol. The van der Waals surface area contributed by atoms with E-state index in [0.29, 0.717) is 11.1 Å². The van der Waals surface area contributed by atoms with Crippen LogP contribution in [0.3, 0.4) is 0 Å². The van der Waals surface area contributed by atoms with Gasteiger partial charge >= 0.3 is 12.1 Å². The number of nitrogens with zero attached hydrogens (tertiary/aromatic N) is 3. The molecule has 0 saturated carbocycles. The molecule has 1 aromatic heterocycles. The minimum atomic E-state index is -5.08. The Morgan fingerprint density at radius 3 is 2.19 bits per heavy atom. The van der Waals surface area contributed by atoms with Crippen molar-refractivity contribution in [1.29, 1.82) is 0 Å². The number of hydrogen-bond donors (Lipinski definition) is 5. The Morgan fingerprint density at radius 2 is 1.65 bits per heavy atom. The molecule has 0 fully saturated rings. The molecule has 18 heteroatoms. The van der Waals surface area contributed by atoms with E-state index in [1.165, 1.54) is 18.2 Å². The number of carbonyl (C=O) groups is 2. The van der Waals surface area contributed by atoms with Crippen LogP contribution in [0.1, 0.15) is 18.2 Å². The number of hydrogen-bond acceptors (Lipinski definition) is 8. The maximum absolute atomic E-state index is 13.4. The van der Waals surface area contributed by atoms with Gasteiger partial charge in [0.25, 0.3) is 15.6 Å². The van der Waals surface area contributed by atoms with Gasteiger partial charge in [-0.25, -0.2) is 13.2 Å². The van der Waals surface area contributed by atoms with Crippen LogP contribution in [0.4, 0.5) is 24.5 Å². The third-order valence-electron chi connectivity index (χ3n) is 5.73. The number of guanidine groups is 1. The first kappa shape index (κ1) is 34.2. The minimum absolute atomic E-state index is 0.00677. The minimum Gasteiger partial charge on any atom is -0.475 e. The van der Waals surface area contributed by atoms with Crippen LogP contribution in [-0.2, 0) is 24.4 Å². The normalized spacial score (nSPS) is 12.0. The van der Waals surface area contributed by atoms with Crippen molar-refractivity contribution >= 4 is 50.0 Å². The SMILES string of the molecule is Cc1ccc(NS(=O)(=O)c2cccc3c(N(C)C)cccc23)c(=O)n1C(CCON=C(N)N)C(N)=O.O=C(O)C(F)(F)F. The van der Waals surface area contributed by atoms with E-state index in [0.717, 1.165) is 15.6 Å². The molecule has 1 atom stereocenters. The van der Waals surface area contributed by atoms with Crippen LogP contribution < -0.4 is 32.4 Å². The lowest BCUT2D eigenvalue weighted by atomic mass is 10.1. The quantitative estimate of drug-likeness (QED) is 0.0938. The van der Waals surface area contributed by atoms with Crippen molar-refractivity contribution in [3.05, 3.63) is 64.6 Å². The number of amides is 1. The maximum Gasteiger partial charge on any atom is 0.490 e. The van der Waals surface area contributed by atoms with Gasteiger partial charge in [0.2, 0.25) is 11.9 Å². The fraction of sp³-hybridized carbons (Fsp3) is 0.280. The molecule has 3 rings (SSSR count). The molecule has 0 aliphatic carbocycles. The average molecular weight is 630 g/mol. The number of carboxylic acids is 1. The zero-order chi connectivity index (χ0) is 32.7. The molecule has 1 heterocycles. The van der Waals surface area contributed by atoms with Crippen molar-refractivity contribution in [3.8, 4) is 0 Å². The molecule has 1 unspecified atom stereocenters. The zero-order valence-electron chi connectivity index (χ0n) is 23.1. The molecule has 1 amide bonds. The molecule has 0 aliphatic heterocycles. The number of alkyl halides is 3. The van der Waals surface area contributed by atoms with Crippen molar-refractivity contribution in [3.63, 3.8) is 0 Å². The third-order valence-corrected chi connectivity index (χ3v) is 7.15. The number of benzene rings is 2. The lowest BCUT2D eigenvalue weighted by Gasteiger charge is -2.20. The third kappa shape index (κ3) is 8.74. The molecule has 0 bridgehead atoms. The summed E-state index contributed by atoms with van der Waals surface area (Å²) >= 11 is 0. The Morgan fingerprint density at radius 1 is 1.07 bits per heavy atom. The first-order chi connectivity index (χ1) is 19.9. The smallest absolute Gasteiger partial charge is 0.475 e. The van der Waals surface area contributed by atoms with Gasteiger partial charge in [0.05, 0.1) is 4.90 Å². The fourth-order valence-electron chi connectivity index (χ4n) is 3.88. The van der Waals surface area contributed by atoms with Gasteiger partial charge < -0.3 is 32.0 Å². The predicted octanol–water partition coefficient (Wildman–Crippen LogP) is 1.43. The summed E-state index contributed by atoms with van der Waals surface area (Å²) in [4.78, 5) is 41.2. The Hall–Kier alpha value is -5.00. The number of sulfonamides is 1. The second kappa shape index (κ2) is 13.8. The molecule has 14 nitrogen and oxygen atoms in total. The van der Waals surface area contributed by atoms with Gasteiger partial charge in [-0.1, -0.05) is 24.3 Å². The van der Waals surface area contributed by atoms with E-state index < -0.39 is 39.7 Å². The number of rotatable bonds is 10. The molecule has 0 spiro atoms. The highest BCUT2D eigenvalue weighted by atomic mass is 32.2. The predicted molar refractivity (Wildman–Crippen MR) is 153 cm³/mol. The van der Waals surface area contributed by atoms with Crippen molar-refractivity contribution in [1.82, 2.24) is 4.57 Å². The highest BCUT2D eigenvalue weighted by Crippen LogP contribution is 2.31. The second-order valence-electron chi connectivity index (χ2n) is 9.05. The summed E-state index contributed by atoms with van der Waals surface area (Å²) in [5.74, 6) is -3.87. The first-order valence-corrected chi connectivity index (χ1v) is 13.6. The number of aryl methyl sites for hydroxylation is 1. The largest absolute Gasteiger partial charge is 0.490 e. The first-order valence-electron chi connectivity index (χ1n) is 12.1. The highest BCUT2D eigenvalue weighted by molar-refractivity contribution is 7.93. The van der Waals surface area contributed by atoms with Gasteiger partial charge in [0.15, 0.2) is 0 Å². The summed E-state index contributed by atoms with van der Waals surface area (Å²) < 4.78 is 62.0. The molecule has 0 aliphatic rings. The monoisotopic (exact) mass is 629 g/mol. The molecule has 0 saturated heterocycles. The lowest BCUT2D eigenvalue weighted by molar-refractivity contribution is -0.192. The summed E-state index contributed by atoms with van der Waals surface area (Å²) in [5.41, 5.74) is 16.2. The summed E-state index contributed by atoms with van der Waals surface area (Å²) in [7, 11) is -0.456. The number of fused-ring (bicyclic) bond motifs is 1. The number of nitrogens with two attached hydrogens (primary N) is 3. The standard InChI is InChI=1S/C23H29N7O5S.C2HF3O2/c1-14-10-11-17(22(32)30(14)19(21(24)31)12-13-35-27-23(25)26)28-36(33,34)20-9-5-6-15-16(20)7-4-8-18(15)29(2)3;3-2(4,5)1(6)7/h4-11,19,28H,12-13H2,1-3H3,(H2,24,31)(H4,25,26,27);(H,6,7). The van der Waals surface area contributed by atoms with Gasteiger partial charge in [-0.3, -0.25) is 18.9 Å². The Balaban J connectivity index is 0.000000821. The second-order valence-corrected chi connectivity index (χ2v) is 10.7. The van der Waals surface area contributed by atoms with E-state index in [9.17, 15) is 31.2 Å². The van der Waals surface area contributed by atoms with E-state index in [4.69, 9.17) is 31.9 Å². The van der Waals surface area contributed by atoms with E-state index in [1.54, 1.807) is 25.1 Å². The van der Waals surface area contributed by atoms with Crippen molar-refractivity contribution in [2.45, 2.75) is 30.5 Å². The van der Waals surface area contributed by atoms with Crippen LogP contribution >= 0.6 is 0 Å². The molecular formula is C25H30F3N7O7S. The van der Waals surface area contributed by atoms with Crippen LogP contribution in [0, 0.1) is 6.92 Å². The number of carbonyl (C=O) groups excluding carboxylic acids is 1. The van der Waals surface area contributed by atoms with E-state index in [2.05, 4.69) is 9.88 Å². The Kier molecular flexibility index (Phi) is 11.0. The molecule has 0 radical (unpaired) electrons. The van der Waals surface area contributed by atoms with Crippen LogP contribution in [0.2, 0.25) is 0 Å². The average Bonchev–Trinajstić information content (AvgIpc) is 2.90. The van der Waals surface area contributed by atoms with E-state index >= 15 is 0 Å². The topological polar surface area (TPSA) is 225 Å². The van der Waals surface area contributed by atoms with Crippen molar-refractivity contribution < 1.29 is 41.1 Å². The summed E-state index contributed by atoms with van der Waals surface area (Å²) in [5, 5.41) is 11.7. The van der Waals surface area contributed by atoms with E-state index in [-0.39, 0.29) is 29.6 Å². The number of aromatic nitrogens is 1. The number of anilines is 2. The van der Waals surface area contributed by atoms with Crippen LogP contribution in [0.15, 0.2) is 63.4 Å². The fourth-order valence-corrected chi connectivity index (χ4v) is 5.16. The Bertz CT molecular complexity index is 1690. The number of halogens is 3. The van der Waals surface area contributed by atoms with Crippen molar-refractivity contribution in [2.75, 3.05) is 30.3 Å². The molecule has 8 N–H and O–H groups in total. The summed E-state index contributed by atoms with van der Waals surface area (Å²) in [6.07, 6.45) is -5.11. The van der Waals surface area contributed by atoms with Gasteiger partial charge in [0.1, 0.15) is 18.3 Å². The number of oxime groups is 1. The van der Waals surface area contributed by atoms with Crippen molar-refractivity contribution in [2.24, 2.45) is 22.4 Å². The van der Waals surface area contributed by atoms with Gasteiger partial charge in [0, 0.05) is 42.7 Å².